The first-order chi connectivity index (χ1) is 14.9. The molecule has 1 saturated heterocycles. The number of nitrogens with one attached hydrogen (secondary N) is 2. The van der Waals surface area contributed by atoms with Crippen molar-refractivity contribution < 1.29 is 18.0 Å². The van der Waals surface area contributed by atoms with Gasteiger partial charge in [0, 0.05) is 44.3 Å². The molecular formula is C22H32N4O4S. The lowest BCUT2D eigenvalue weighted by Crippen LogP contribution is -2.44. The molecule has 0 spiro atoms. The van der Waals surface area contributed by atoms with Gasteiger partial charge in [0.05, 0.1) is 4.90 Å². The number of piperidine rings is 1. The first kappa shape index (κ1) is 22.1. The summed E-state index contributed by atoms with van der Waals surface area (Å²) in [6, 6.07) is 5.08. The Morgan fingerprint density at radius 2 is 1.74 bits per heavy atom. The summed E-state index contributed by atoms with van der Waals surface area (Å²) in [5, 5.41) is 5.27. The summed E-state index contributed by atoms with van der Waals surface area (Å²) in [6.07, 6.45) is 8.07. The van der Waals surface area contributed by atoms with Crippen LogP contribution in [0.15, 0.2) is 23.1 Å². The Kier molecular flexibility index (Phi) is 6.81. The number of anilines is 1. The number of carbonyl (C=O) groups excluding carboxylic acids is 2. The van der Waals surface area contributed by atoms with Crippen LogP contribution in [0.2, 0.25) is 0 Å². The Balaban J connectivity index is 1.31. The van der Waals surface area contributed by atoms with Gasteiger partial charge in [0.1, 0.15) is 0 Å². The fourth-order valence-electron chi connectivity index (χ4n) is 4.81. The lowest BCUT2D eigenvalue weighted by molar-refractivity contribution is -0.119. The Labute approximate surface area is 184 Å². The van der Waals surface area contributed by atoms with E-state index in [-0.39, 0.29) is 18.4 Å². The summed E-state index contributed by atoms with van der Waals surface area (Å²) >= 11 is 0. The number of fused-ring (bicyclic) bond motifs is 1. The third kappa shape index (κ3) is 5.20. The van der Waals surface area contributed by atoms with Crippen LogP contribution in [0.1, 0.15) is 56.9 Å². The average molecular weight is 449 g/mol. The minimum atomic E-state index is -3.44. The second-order valence-corrected chi connectivity index (χ2v) is 10.7. The smallest absolute Gasteiger partial charge is 0.321 e. The minimum Gasteiger partial charge on any atom is -0.370 e. The summed E-state index contributed by atoms with van der Waals surface area (Å²) in [4.78, 5) is 26.6. The van der Waals surface area contributed by atoms with Crippen LogP contribution in [0.25, 0.3) is 0 Å². The van der Waals surface area contributed by atoms with Crippen LogP contribution in [0.3, 0.4) is 0 Å². The fourth-order valence-corrected chi connectivity index (χ4v) is 6.38. The van der Waals surface area contributed by atoms with E-state index < -0.39 is 16.1 Å². The van der Waals surface area contributed by atoms with Gasteiger partial charge in [-0.2, -0.15) is 4.31 Å². The molecule has 2 heterocycles. The zero-order chi connectivity index (χ0) is 21.8. The minimum absolute atomic E-state index is 0.175. The molecule has 2 fully saturated rings. The lowest BCUT2D eigenvalue weighted by atomic mass is 10.2. The van der Waals surface area contributed by atoms with E-state index in [1.165, 1.54) is 0 Å². The molecule has 31 heavy (non-hydrogen) atoms. The maximum atomic E-state index is 12.9. The Morgan fingerprint density at radius 1 is 1.00 bits per heavy atom. The second-order valence-electron chi connectivity index (χ2n) is 8.75. The largest absolute Gasteiger partial charge is 0.370 e. The number of amides is 3. The van der Waals surface area contributed by atoms with Crippen molar-refractivity contribution in [2.24, 2.45) is 0 Å². The van der Waals surface area contributed by atoms with Crippen LogP contribution in [-0.4, -0.2) is 56.9 Å². The van der Waals surface area contributed by atoms with Gasteiger partial charge in [-0.15, -0.1) is 0 Å². The number of hydrogen-bond donors (Lipinski definition) is 2. The van der Waals surface area contributed by atoms with Crippen molar-refractivity contribution >= 4 is 27.6 Å². The Bertz CT molecular complexity index is 921. The van der Waals surface area contributed by atoms with Gasteiger partial charge in [0.25, 0.3) is 0 Å². The molecule has 2 N–H and O–H groups in total. The van der Waals surface area contributed by atoms with Gasteiger partial charge in [-0.05, 0) is 55.9 Å². The van der Waals surface area contributed by atoms with Crippen molar-refractivity contribution in [3.63, 3.8) is 0 Å². The van der Waals surface area contributed by atoms with Crippen molar-refractivity contribution in [2.45, 2.75) is 68.7 Å². The number of nitrogens with zero attached hydrogens (tertiary/aromatic N) is 2. The summed E-state index contributed by atoms with van der Waals surface area (Å²) in [5.41, 5.74) is 1.97. The molecule has 1 saturated carbocycles. The van der Waals surface area contributed by atoms with Crippen molar-refractivity contribution in [2.75, 3.05) is 31.1 Å². The highest BCUT2D eigenvalue weighted by atomic mass is 32.2. The van der Waals surface area contributed by atoms with E-state index >= 15 is 0 Å². The molecule has 2 aliphatic heterocycles. The molecule has 3 amide bonds. The summed E-state index contributed by atoms with van der Waals surface area (Å²) < 4.78 is 27.5. The van der Waals surface area contributed by atoms with Crippen LogP contribution >= 0.6 is 0 Å². The molecule has 0 unspecified atom stereocenters. The maximum absolute atomic E-state index is 12.9. The molecular weight excluding hydrogens is 416 g/mol. The predicted molar refractivity (Wildman–Crippen MR) is 119 cm³/mol. The molecule has 0 aromatic heterocycles. The van der Waals surface area contributed by atoms with Crippen LogP contribution in [0.5, 0.6) is 0 Å². The monoisotopic (exact) mass is 448 g/mol. The van der Waals surface area contributed by atoms with E-state index in [0.717, 1.165) is 69.2 Å². The number of urea groups is 1. The molecule has 4 rings (SSSR count). The quantitative estimate of drug-likeness (QED) is 0.696. The van der Waals surface area contributed by atoms with Crippen LogP contribution in [-0.2, 0) is 21.2 Å². The van der Waals surface area contributed by atoms with E-state index in [9.17, 15) is 18.0 Å². The van der Waals surface area contributed by atoms with Crippen molar-refractivity contribution in [1.82, 2.24) is 14.9 Å². The maximum Gasteiger partial charge on any atom is 0.321 e. The number of hydrogen-bond acceptors (Lipinski definition) is 5. The molecule has 0 bridgehead atoms. The number of carbonyl (C=O) groups is 2. The fraction of sp³-hybridized carbons (Fsp3) is 0.636. The third-order valence-electron chi connectivity index (χ3n) is 6.55. The first-order valence-electron chi connectivity index (χ1n) is 11.4. The summed E-state index contributed by atoms with van der Waals surface area (Å²) in [5.74, 6) is -0.298. The van der Waals surface area contributed by atoms with E-state index in [0.29, 0.717) is 24.5 Å². The molecule has 0 radical (unpaired) electrons. The number of imide groups is 1. The van der Waals surface area contributed by atoms with Gasteiger partial charge >= 0.3 is 6.03 Å². The van der Waals surface area contributed by atoms with Crippen molar-refractivity contribution in [3.05, 3.63) is 23.8 Å². The zero-order valence-corrected chi connectivity index (χ0v) is 18.8. The average Bonchev–Trinajstić information content (AvgIpc) is 3.42. The Morgan fingerprint density at radius 3 is 2.48 bits per heavy atom. The number of sulfonamides is 1. The van der Waals surface area contributed by atoms with Crippen LogP contribution in [0.4, 0.5) is 10.5 Å². The first-order valence-corrected chi connectivity index (χ1v) is 12.9. The van der Waals surface area contributed by atoms with Gasteiger partial charge in [-0.25, -0.2) is 13.2 Å². The summed E-state index contributed by atoms with van der Waals surface area (Å²) in [6.45, 7) is 2.42. The molecule has 8 nitrogen and oxygen atoms in total. The van der Waals surface area contributed by atoms with Gasteiger partial charge in [0.15, 0.2) is 0 Å². The lowest BCUT2D eigenvalue weighted by Gasteiger charge is -2.26. The Hall–Kier alpha value is -2.13. The number of benzene rings is 1. The molecule has 1 aliphatic carbocycles. The standard InChI is InChI=1S/C22H32N4O4S/c27-21(24-22(28)23-18-6-2-3-7-18)11-15-25-14-10-17-16-19(8-9-20(17)25)31(29,30)26-12-4-1-5-13-26/h8-9,16,18H,1-7,10-15H2,(H2,23,24,27,28). The van der Waals surface area contributed by atoms with Gasteiger partial charge in [0.2, 0.25) is 15.9 Å². The molecule has 170 valence electrons. The van der Waals surface area contributed by atoms with Gasteiger partial charge in [-0.1, -0.05) is 19.3 Å². The second kappa shape index (κ2) is 9.56. The van der Waals surface area contributed by atoms with Crippen molar-refractivity contribution in [1.29, 1.82) is 0 Å². The predicted octanol–water partition coefficient (Wildman–Crippen LogP) is 2.38. The highest BCUT2D eigenvalue weighted by Crippen LogP contribution is 2.31. The topological polar surface area (TPSA) is 98.8 Å². The SMILES string of the molecule is O=C(CCN1CCc2cc(S(=O)(=O)N3CCCCC3)ccc21)NC(=O)NC1CCCC1. The molecule has 3 aliphatic rings. The normalized spacial score (nSPS) is 19.9. The zero-order valence-electron chi connectivity index (χ0n) is 17.9. The van der Waals surface area contributed by atoms with Crippen molar-refractivity contribution in [3.8, 4) is 0 Å². The van der Waals surface area contributed by atoms with E-state index in [4.69, 9.17) is 0 Å². The van der Waals surface area contributed by atoms with Gasteiger partial charge in [-0.3, -0.25) is 10.1 Å². The highest BCUT2D eigenvalue weighted by Gasteiger charge is 2.28. The third-order valence-corrected chi connectivity index (χ3v) is 8.44. The number of rotatable bonds is 6. The van der Waals surface area contributed by atoms with E-state index in [2.05, 4.69) is 15.5 Å². The molecule has 1 aromatic carbocycles. The highest BCUT2D eigenvalue weighted by molar-refractivity contribution is 7.89. The van der Waals surface area contributed by atoms with E-state index in [1.54, 1.807) is 16.4 Å². The summed E-state index contributed by atoms with van der Waals surface area (Å²) in [7, 11) is -3.44. The van der Waals surface area contributed by atoms with E-state index in [1.807, 2.05) is 6.07 Å². The van der Waals surface area contributed by atoms with Crippen LogP contribution < -0.4 is 15.5 Å². The molecule has 1 aromatic rings. The van der Waals surface area contributed by atoms with Gasteiger partial charge < -0.3 is 10.2 Å². The molecule has 9 heteroatoms. The molecule has 0 atom stereocenters. The van der Waals surface area contributed by atoms with Crippen LogP contribution in [0, 0.1) is 0 Å².